The number of hydrogen-bond donors (Lipinski definition) is 2. The van der Waals surface area contributed by atoms with Gasteiger partial charge >= 0.3 is 0 Å². The van der Waals surface area contributed by atoms with Gasteiger partial charge in [-0.15, -0.1) is 0 Å². The number of aryl methyl sites for hydroxylation is 2. The first kappa shape index (κ1) is 14.2. The van der Waals surface area contributed by atoms with Gasteiger partial charge in [-0.3, -0.25) is 0 Å². The highest BCUT2D eigenvalue weighted by molar-refractivity contribution is 5.30. The molecular formula is C15H25NO. The van der Waals surface area contributed by atoms with Gasteiger partial charge in [-0.05, 0) is 46.6 Å². The average molecular weight is 235 g/mol. The van der Waals surface area contributed by atoms with Crippen LogP contribution in [0.1, 0.15) is 49.9 Å². The second kappa shape index (κ2) is 6.18. The van der Waals surface area contributed by atoms with E-state index in [1.54, 1.807) is 0 Å². The van der Waals surface area contributed by atoms with Gasteiger partial charge in [0.15, 0.2) is 0 Å². The van der Waals surface area contributed by atoms with E-state index in [9.17, 15) is 5.11 Å². The Hall–Kier alpha value is -0.860. The van der Waals surface area contributed by atoms with Crippen LogP contribution in [0.4, 0.5) is 0 Å². The lowest BCUT2D eigenvalue weighted by Gasteiger charge is -2.22. The summed E-state index contributed by atoms with van der Waals surface area (Å²) >= 11 is 0. The van der Waals surface area contributed by atoms with Crippen LogP contribution in [-0.4, -0.2) is 17.3 Å². The lowest BCUT2D eigenvalue weighted by atomic mass is 10.0. The van der Waals surface area contributed by atoms with E-state index in [-0.39, 0.29) is 6.10 Å². The van der Waals surface area contributed by atoms with Crippen LogP contribution in [-0.2, 0) is 0 Å². The third-order valence-electron chi connectivity index (χ3n) is 2.97. The zero-order valence-corrected chi connectivity index (χ0v) is 11.6. The van der Waals surface area contributed by atoms with E-state index < -0.39 is 0 Å². The van der Waals surface area contributed by atoms with Crippen molar-refractivity contribution in [2.75, 3.05) is 0 Å². The molecule has 0 heterocycles. The van der Waals surface area contributed by atoms with Crippen molar-refractivity contribution in [3.8, 4) is 0 Å². The number of rotatable bonds is 5. The van der Waals surface area contributed by atoms with Crippen molar-refractivity contribution in [1.82, 2.24) is 5.32 Å². The van der Waals surface area contributed by atoms with Crippen molar-refractivity contribution in [2.45, 2.75) is 59.2 Å². The zero-order chi connectivity index (χ0) is 13.0. The van der Waals surface area contributed by atoms with Crippen LogP contribution in [0.5, 0.6) is 0 Å². The predicted octanol–water partition coefficient (Wildman–Crippen LogP) is 3.11. The molecule has 0 bridgehead atoms. The van der Waals surface area contributed by atoms with Gasteiger partial charge in [-0.2, -0.15) is 0 Å². The van der Waals surface area contributed by atoms with Gasteiger partial charge in [-0.25, -0.2) is 0 Å². The summed E-state index contributed by atoms with van der Waals surface area (Å²) < 4.78 is 0. The number of nitrogens with one attached hydrogen (secondary N) is 1. The van der Waals surface area contributed by atoms with Crippen LogP contribution in [0.2, 0.25) is 0 Å². The SMILES string of the molecule is Cc1cc(C)cc(C(C)NC(C)CC(C)O)c1. The monoisotopic (exact) mass is 235 g/mol. The van der Waals surface area contributed by atoms with E-state index in [4.69, 9.17) is 0 Å². The van der Waals surface area contributed by atoms with Gasteiger partial charge in [0.1, 0.15) is 0 Å². The molecule has 17 heavy (non-hydrogen) atoms. The Balaban J connectivity index is 2.66. The second-order valence-electron chi connectivity index (χ2n) is 5.30. The van der Waals surface area contributed by atoms with E-state index in [1.807, 2.05) is 6.92 Å². The lowest BCUT2D eigenvalue weighted by molar-refractivity contribution is 0.168. The summed E-state index contributed by atoms with van der Waals surface area (Å²) in [5, 5.41) is 12.9. The van der Waals surface area contributed by atoms with Crippen molar-refractivity contribution in [1.29, 1.82) is 0 Å². The molecule has 0 saturated carbocycles. The molecule has 2 N–H and O–H groups in total. The fraction of sp³-hybridized carbons (Fsp3) is 0.600. The third-order valence-corrected chi connectivity index (χ3v) is 2.97. The first-order valence-corrected chi connectivity index (χ1v) is 6.40. The summed E-state index contributed by atoms with van der Waals surface area (Å²) in [7, 11) is 0. The summed E-state index contributed by atoms with van der Waals surface area (Å²) in [4.78, 5) is 0. The van der Waals surface area contributed by atoms with Crippen LogP contribution < -0.4 is 5.32 Å². The summed E-state index contributed by atoms with van der Waals surface area (Å²) in [5.74, 6) is 0. The predicted molar refractivity (Wildman–Crippen MR) is 73.2 cm³/mol. The highest BCUT2D eigenvalue weighted by Gasteiger charge is 2.11. The Morgan fingerprint density at radius 1 is 1.06 bits per heavy atom. The molecule has 0 amide bonds. The molecule has 96 valence electrons. The normalized spacial score (nSPS) is 16.6. The maximum Gasteiger partial charge on any atom is 0.0526 e. The van der Waals surface area contributed by atoms with E-state index in [2.05, 4.69) is 51.2 Å². The quantitative estimate of drug-likeness (QED) is 0.822. The van der Waals surface area contributed by atoms with Crippen LogP contribution in [0, 0.1) is 13.8 Å². The van der Waals surface area contributed by atoms with E-state index >= 15 is 0 Å². The Labute approximate surface area is 105 Å². The molecule has 0 aliphatic heterocycles. The summed E-state index contributed by atoms with van der Waals surface area (Å²) in [5.41, 5.74) is 3.92. The molecule has 2 nitrogen and oxygen atoms in total. The van der Waals surface area contributed by atoms with Gasteiger partial charge < -0.3 is 10.4 Å². The zero-order valence-electron chi connectivity index (χ0n) is 11.6. The van der Waals surface area contributed by atoms with E-state index in [1.165, 1.54) is 16.7 Å². The van der Waals surface area contributed by atoms with Crippen molar-refractivity contribution in [3.63, 3.8) is 0 Å². The molecule has 0 radical (unpaired) electrons. The molecule has 0 aliphatic carbocycles. The summed E-state index contributed by atoms with van der Waals surface area (Å²) in [6.07, 6.45) is 0.540. The molecule has 0 spiro atoms. The van der Waals surface area contributed by atoms with Crippen molar-refractivity contribution in [2.24, 2.45) is 0 Å². The summed E-state index contributed by atoms with van der Waals surface area (Å²) in [6.45, 7) is 10.4. The highest BCUT2D eigenvalue weighted by Crippen LogP contribution is 2.17. The van der Waals surface area contributed by atoms with Gasteiger partial charge in [0.2, 0.25) is 0 Å². The fourth-order valence-corrected chi connectivity index (χ4v) is 2.36. The maximum atomic E-state index is 9.35. The molecule has 0 saturated heterocycles. The Morgan fingerprint density at radius 3 is 2.06 bits per heavy atom. The largest absolute Gasteiger partial charge is 0.393 e. The Kier molecular flexibility index (Phi) is 5.16. The van der Waals surface area contributed by atoms with Crippen LogP contribution in [0.25, 0.3) is 0 Å². The van der Waals surface area contributed by atoms with E-state index in [0.717, 1.165) is 6.42 Å². The average Bonchev–Trinajstić information content (AvgIpc) is 2.14. The summed E-state index contributed by atoms with van der Waals surface area (Å²) in [6, 6.07) is 7.28. The molecule has 1 aromatic rings. The molecule has 3 unspecified atom stereocenters. The van der Waals surface area contributed by atoms with Gasteiger partial charge in [-0.1, -0.05) is 29.3 Å². The Morgan fingerprint density at radius 2 is 1.59 bits per heavy atom. The van der Waals surface area contributed by atoms with E-state index in [0.29, 0.717) is 12.1 Å². The standard InChI is InChI=1S/C15H25NO/c1-10-6-11(2)8-15(7-10)14(5)16-12(3)9-13(4)17/h6-8,12-14,16-17H,9H2,1-5H3. The third kappa shape index (κ3) is 4.88. The minimum absolute atomic E-state index is 0.246. The molecule has 1 rings (SSSR count). The molecule has 0 aromatic heterocycles. The van der Waals surface area contributed by atoms with Crippen molar-refractivity contribution in [3.05, 3.63) is 34.9 Å². The minimum atomic E-state index is -0.246. The first-order valence-electron chi connectivity index (χ1n) is 6.40. The number of benzene rings is 1. The molecule has 2 heteroatoms. The fourth-order valence-electron chi connectivity index (χ4n) is 2.36. The lowest BCUT2D eigenvalue weighted by Crippen LogP contribution is -2.31. The van der Waals surface area contributed by atoms with Crippen LogP contribution in [0.3, 0.4) is 0 Å². The number of hydrogen-bond acceptors (Lipinski definition) is 2. The van der Waals surface area contributed by atoms with Gasteiger partial charge in [0.05, 0.1) is 6.10 Å². The second-order valence-corrected chi connectivity index (χ2v) is 5.30. The first-order chi connectivity index (χ1) is 7.88. The van der Waals surface area contributed by atoms with Crippen molar-refractivity contribution >= 4 is 0 Å². The topological polar surface area (TPSA) is 32.3 Å². The molecule has 0 aliphatic rings. The highest BCUT2D eigenvalue weighted by atomic mass is 16.3. The van der Waals surface area contributed by atoms with Gasteiger partial charge in [0, 0.05) is 12.1 Å². The molecule has 0 fully saturated rings. The van der Waals surface area contributed by atoms with Crippen molar-refractivity contribution < 1.29 is 5.11 Å². The molecule has 3 atom stereocenters. The Bertz CT molecular complexity index is 340. The number of aliphatic hydroxyl groups is 1. The number of aliphatic hydroxyl groups excluding tert-OH is 1. The van der Waals surface area contributed by atoms with Crippen LogP contribution >= 0.6 is 0 Å². The molecule has 1 aromatic carbocycles. The van der Waals surface area contributed by atoms with Gasteiger partial charge in [0.25, 0.3) is 0 Å². The minimum Gasteiger partial charge on any atom is -0.393 e. The smallest absolute Gasteiger partial charge is 0.0526 e. The maximum absolute atomic E-state index is 9.35. The molecular weight excluding hydrogens is 210 g/mol. The van der Waals surface area contributed by atoms with Crippen LogP contribution in [0.15, 0.2) is 18.2 Å².